The molecule has 0 spiro atoms. The van der Waals surface area contributed by atoms with E-state index < -0.39 is 0 Å². The Labute approximate surface area is 137 Å². The molecule has 0 aliphatic heterocycles. The van der Waals surface area contributed by atoms with E-state index in [0.717, 1.165) is 0 Å². The van der Waals surface area contributed by atoms with E-state index in [1.807, 2.05) is 19.1 Å². The number of ether oxygens (including phenoxy) is 2. The van der Waals surface area contributed by atoms with Crippen molar-refractivity contribution in [2.45, 2.75) is 6.92 Å². The maximum absolute atomic E-state index is 12.0. The second kappa shape index (κ2) is 6.91. The van der Waals surface area contributed by atoms with Crippen molar-refractivity contribution in [2.24, 2.45) is 0 Å². The summed E-state index contributed by atoms with van der Waals surface area (Å²) in [4.78, 5) is 28.6. The van der Waals surface area contributed by atoms with Crippen molar-refractivity contribution in [3.8, 4) is 11.5 Å². The molecule has 1 heterocycles. The molecule has 0 fully saturated rings. The molecule has 1 aromatic heterocycles. The number of hydrogen-bond acceptors (Lipinski definition) is 4. The Morgan fingerprint density at radius 2 is 1.75 bits per heavy atom. The van der Waals surface area contributed by atoms with Crippen LogP contribution in [0.1, 0.15) is 6.92 Å². The fourth-order valence-corrected chi connectivity index (χ4v) is 2.29. The topological polar surface area (TPSA) is 96.2 Å². The van der Waals surface area contributed by atoms with Crippen LogP contribution in [-0.4, -0.2) is 29.1 Å². The van der Waals surface area contributed by atoms with Gasteiger partial charge in [-0.1, -0.05) is 12.1 Å². The van der Waals surface area contributed by atoms with E-state index in [-0.39, 0.29) is 18.2 Å². The Hall–Kier alpha value is -3.22. The fraction of sp³-hybridized carbons (Fsp3) is 0.176. The van der Waals surface area contributed by atoms with Crippen molar-refractivity contribution in [1.29, 1.82) is 0 Å². The zero-order chi connectivity index (χ0) is 16.9. The first-order chi connectivity index (χ1) is 11.7. The number of anilines is 1. The van der Waals surface area contributed by atoms with Crippen LogP contribution in [0.5, 0.6) is 11.5 Å². The number of benzene rings is 2. The van der Waals surface area contributed by atoms with Gasteiger partial charge in [-0.05, 0) is 37.3 Å². The van der Waals surface area contributed by atoms with Gasteiger partial charge < -0.3 is 24.8 Å². The summed E-state index contributed by atoms with van der Waals surface area (Å²) in [5, 5.41) is 2.72. The lowest BCUT2D eigenvalue weighted by atomic mass is 10.3. The molecule has 7 heteroatoms. The van der Waals surface area contributed by atoms with Gasteiger partial charge in [0.05, 0.1) is 17.6 Å². The largest absolute Gasteiger partial charge is 0.490 e. The van der Waals surface area contributed by atoms with E-state index in [2.05, 4.69) is 15.3 Å². The van der Waals surface area contributed by atoms with Gasteiger partial charge in [0.1, 0.15) is 0 Å². The summed E-state index contributed by atoms with van der Waals surface area (Å²) >= 11 is 0. The number of nitrogens with one attached hydrogen (secondary N) is 3. The molecule has 0 atom stereocenters. The maximum atomic E-state index is 12.0. The summed E-state index contributed by atoms with van der Waals surface area (Å²) in [6.07, 6.45) is 0. The number of carbonyl (C=O) groups excluding carboxylic acids is 1. The van der Waals surface area contributed by atoms with Crippen LogP contribution in [-0.2, 0) is 4.79 Å². The molecule has 24 heavy (non-hydrogen) atoms. The molecule has 7 nitrogen and oxygen atoms in total. The number of carbonyl (C=O) groups is 1. The predicted molar refractivity (Wildman–Crippen MR) is 90.7 cm³/mol. The molecular weight excluding hydrogens is 310 g/mol. The van der Waals surface area contributed by atoms with Gasteiger partial charge in [-0.3, -0.25) is 4.79 Å². The number of imidazole rings is 1. The Morgan fingerprint density at radius 1 is 1.04 bits per heavy atom. The zero-order valence-electron chi connectivity index (χ0n) is 13.1. The second-order valence-electron chi connectivity index (χ2n) is 5.06. The molecule has 0 radical (unpaired) electrons. The van der Waals surface area contributed by atoms with Crippen molar-refractivity contribution < 1.29 is 14.3 Å². The molecular formula is C17H17N3O4. The summed E-state index contributed by atoms with van der Waals surface area (Å²) in [5.41, 5.74) is 1.59. The van der Waals surface area contributed by atoms with Gasteiger partial charge in [0, 0.05) is 5.69 Å². The van der Waals surface area contributed by atoms with Crippen LogP contribution in [0.2, 0.25) is 0 Å². The number of aromatic amines is 2. The van der Waals surface area contributed by atoms with Gasteiger partial charge in [-0.25, -0.2) is 4.79 Å². The summed E-state index contributed by atoms with van der Waals surface area (Å²) < 4.78 is 11.0. The van der Waals surface area contributed by atoms with Gasteiger partial charge in [-0.2, -0.15) is 0 Å². The molecule has 3 N–H and O–H groups in total. The van der Waals surface area contributed by atoms with Gasteiger partial charge in [0.15, 0.2) is 18.1 Å². The van der Waals surface area contributed by atoms with E-state index in [1.54, 1.807) is 30.3 Å². The molecule has 3 aromatic rings. The third kappa shape index (κ3) is 3.57. The lowest BCUT2D eigenvalue weighted by Gasteiger charge is -2.11. The summed E-state index contributed by atoms with van der Waals surface area (Å²) in [7, 11) is 0. The minimum absolute atomic E-state index is 0.147. The third-order valence-electron chi connectivity index (χ3n) is 3.31. The van der Waals surface area contributed by atoms with Crippen LogP contribution in [0.15, 0.2) is 47.3 Å². The Kier molecular flexibility index (Phi) is 4.51. The van der Waals surface area contributed by atoms with Gasteiger partial charge >= 0.3 is 5.69 Å². The van der Waals surface area contributed by atoms with Crippen molar-refractivity contribution in [3.05, 3.63) is 52.9 Å². The van der Waals surface area contributed by atoms with Gasteiger partial charge in [0.2, 0.25) is 0 Å². The van der Waals surface area contributed by atoms with E-state index >= 15 is 0 Å². The minimum atomic E-state index is -0.307. The van der Waals surface area contributed by atoms with Crippen LogP contribution in [0.3, 0.4) is 0 Å². The van der Waals surface area contributed by atoms with Crippen molar-refractivity contribution in [1.82, 2.24) is 9.97 Å². The first-order valence-electron chi connectivity index (χ1n) is 7.52. The second-order valence-corrected chi connectivity index (χ2v) is 5.06. The van der Waals surface area contributed by atoms with Gasteiger partial charge in [0.25, 0.3) is 5.91 Å². The summed E-state index contributed by atoms with van der Waals surface area (Å²) in [6.45, 7) is 2.25. The molecule has 0 aliphatic carbocycles. The van der Waals surface area contributed by atoms with Crippen molar-refractivity contribution >= 4 is 22.6 Å². The standard InChI is InChI=1S/C17H17N3O4/c1-2-23-14-5-3-4-6-15(14)24-10-16(21)18-11-7-8-12-13(9-11)20-17(22)19-12/h3-9H,2,10H2,1H3,(H,18,21)(H2,19,20,22). The zero-order valence-corrected chi connectivity index (χ0v) is 13.1. The molecule has 124 valence electrons. The molecule has 1 amide bonds. The van der Waals surface area contributed by atoms with Gasteiger partial charge in [-0.15, -0.1) is 0 Å². The van der Waals surface area contributed by atoms with E-state index in [4.69, 9.17) is 9.47 Å². The highest BCUT2D eigenvalue weighted by atomic mass is 16.5. The van der Waals surface area contributed by atoms with Crippen LogP contribution in [0.25, 0.3) is 11.0 Å². The Balaban J connectivity index is 1.63. The lowest BCUT2D eigenvalue weighted by molar-refractivity contribution is -0.118. The average molecular weight is 327 g/mol. The normalized spacial score (nSPS) is 10.5. The Morgan fingerprint density at radius 3 is 2.50 bits per heavy atom. The van der Waals surface area contributed by atoms with Crippen LogP contribution >= 0.6 is 0 Å². The highest BCUT2D eigenvalue weighted by Gasteiger charge is 2.08. The molecule has 2 aromatic carbocycles. The number of rotatable bonds is 6. The van der Waals surface area contributed by atoms with Crippen LogP contribution in [0, 0.1) is 0 Å². The van der Waals surface area contributed by atoms with E-state index in [9.17, 15) is 9.59 Å². The van der Waals surface area contributed by atoms with E-state index in [0.29, 0.717) is 34.8 Å². The first kappa shape index (κ1) is 15.7. The minimum Gasteiger partial charge on any atom is -0.490 e. The summed E-state index contributed by atoms with van der Waals surface area (Å²) in [5.74, 6) is 0.803. The third-order valence-corrected chi connectivity index (χ3v) is 3.31. The Bertz CT molecular complexity index is 913. The molecule has 3 rings (SSSR count). The number of para-hydroxylation sites is 2. The predicted octanol–water partition coefficient (Wildman–Crippen LogP) is 2.27. The fourth-order valence-electron chi connectivity index (χ4n) is 2.29. The quantitative estimate of drug-likeness (QED) is 0.647. The average Bonchev–Trinajstić information content (AvgIpc) is 2.93. The van der Waals surface area contributed by atoms with Crippen molar-refractivity contribution in [3.63, 3.8) is 0 Å². The first-order valence-corrected chi connectivity index (χ1v) is 7.52. The molecule has 0 unspecified atom stereocenters. The smallest absolute Gasteiger partial charge is 0.323 e. The number of H-pyrrole nitrogens is 2. The lowest BCUT2D eigenvalue weighted by Crippen LogP contribution is -2.20. The maximum Gasteiger partial charge on any atom is 0.323 e. The molecule has 0 bridgehead atoms. The monoisotopic (exact) mass is 327 g/mol. The summed E-state index contributed by atoms with van der Waals surface area (Å²) in [6, 6.07) is 12.3. The van der Waals surface area contributed by atoms with Crippen molar-refractivity contribution in [2.75, 3.05) is 18.5 Å². The highest BCUT2D eigenvalue weighted by Crippen LogP contribution is 2.26. The van der Waals surface area contributed by atoms with Crippen LogP contribution in [0.4, 0.5) is 5.69 Å². The molecule has 0 aliphatic rings. The number of amides is 1. The molecule has 0 saturated heterocycles. The number of fused-ring (bicyclic) bond motifs is 1. The SMILES string of the molecule is CCOc1ccccc1OCC(=O)Nc1ccc2[nH]c(=O)[nH]c2c1. The highest BCUT2D eigenvalue weighted by molar-refractivity contribution is 5.93. The van der Waals surface area contributed by atoms with E-state index in [1.165, 1.54) is 0 Å². The number of hydrogen-bond donors (Lipinski definition) is 3. The number of aromatic nitrogens is 2. The molecule has 0 saturated carbocycles. The van der Waals surface area contributed by atoms with Crippen LogP contribution < -0.4 is 20.5 Å².